The third-order valence-electron chi connectivity index (χ3n) is 2.92. The maximum atomic E-state index is 12.0. The van der Waals surface area contributed by atoms with Crippen molar-refractivity contribution in [1.82, 2.24) is 5.32 Å². The molecule has 1 heterocycles. The molecule has 0 aliphatic rings. The van der Waals surface area contributed by atoms with Gasteiger partial charge in [-0.3, -0.25) is 4.79 Å². The summed E-state index contributed by atoms with van der Waals surface area (Å²) < 4.78 is 5.26. The Kier molecular flexibility index (Phi) is 4.36. The van der Waals surface area contributed by atoms with Gasteiger partial charge in [-0.05, 0) is 36.8 Å². The summed E-state index contributed by atoms with van der Waals surface area (Å²) in [5.41, 5.74) is 7.18. The van der Waals surface area contributed by atoms with Crippen LogP contribution in [0.2, 0.25) is 0 Å². The molecular formula is C15H18N2O2. The zero-order valence-electron chi connectivity index (χ0n) is 10.9. The van der Waals surface area contributed by atoms with E-state index in [0.29, 0.717) is 18.5 Å². The van der Waals surface area contributed by atoms with Crippen molar-refractivity contribution in [1.29, 1.82) is 0 Å². The Bertz CT molecular complexity index is 518. The first kappa shape index (κ1) is 13.4. The van der Waals surface area contributed by atoms with Crippen molar-refractivity contribution in [2.75, 3.05) is 0 Å². The second-order valence-electron chi connectivity index (χ2n) is 4.56. The second kappa shape index (κ2) is 6.20. The first-order chi connectivity index (χ1) is 9.19. The van der Waals surface area contributed by atoms with E-state index in [1.54, 1.807) is 18.4 Å². The largest absolute Gasteiger partial charge is 0.469 e. The molecule has 1 atom stereocenters. The molecule has 0 saturated heterocycles. The van der Waals surface area contributed by atoms with E-state index in [9.17, 15) is 4.79 Å². The van der Waals surface area contributed by atoms with Gasteiger partial charge in [0.2, 0.25) is 0 Å². The van der Waals surface area contributed by atoms with Crippen LogP contribution in [0, 0.1) is 0 Å². The van der Waals surface area contributed by atoms with Gasteiger partial charge in [-0.25, -0.2) is 0 Å². The van der Waals surface area contributed by atoms with Gasteiger partial charge in [-0.15, -0.1) is 0 Å². The minimum atomic E-state index is -0.0809. The number of rotatable bonds is 5. The highest BCUT2D eigenvalue weighted by atomic mass is 16.3. The van der Waals surface area contributed by atoms with Crippen molar-refractivity contribution in [3.05, 3.63) is 59.5 Å². The number of furan rings is 1. The fourth-order valence-electron chi connectivity index (χ4n) is 1.88. The summed E-state index contributed by atoms with van der Waals surface area (Å²) in [7, 11) is 0. The molecule has 4 heteroatoms. The van der Waals surface area contributed by atoms with Crippen LogP contribution in [0.3, 0.4) is 0 Å². The van der Waals surface area contributed by atoms with Gasteiger partial charge in [0, 0.05) is 24.6 Å². The summed E-state index contributed by atoms with van der Waals surface area (Å²) in [6.45, 7) is 2.44. The number of carbonyl (C=O) groups excluding carboxylic acids is 1. The van der Waals surface area contributed by atoms with E-state index in [-0.39, 0.29) is 11.9 Å². The molecule has 2 aromatic rings. The lowest BCUT2D eigenvalue weighted by Gasteiger charge is -2.12. The van der Waals surface area contributed by atoms with E-state index in [1.165, 1.54) is 0 Å². The van der Waals surface area contributed by atoms with Gasteiger partial charge in [0.05, 0.1) is 6.26 Å². The maximum Gasteiger partial charge on any atom is 0.251 e. The Morgan fingerprint density at radius 3 is 2.63 bits per heavy atom. The summed E-state index contributed by atoms with van der Waals surface area (Å²) in [6.07, 6.45) is 2.31. The number of amides is 1. The molecule has 0 aliphatic carbocycles. The molecule has 0 bridgehead atoms. The lowest BCUT2D eigenvalue weighted by Crippen LogP contribution is -2.33. The predicted molar refractivity (Wildman–Crippen MR) is 73.7 cm³/mol. The monoisotopic (exact) mass is 258 g/mol. The molecule has 3 N–H and O–H groups in total. The molecule has 19 heavy (non-hydrogen) atoms. The molecule has 1 unspecified atom stereocenters. The van der Waals surface area contributed by atoms with E-state index in [1.807, 2.05) is 31.2 Å². The normalized spacial score (nSPS) is 12.1. The summed E-state index contributed by atoms with van der Waals surface area (Å²) in [6, 6.07) is 11.1. The summed E-state index contributed by atoms with van der Waals surface area (Å²) in [5.74, 6) is 0.786. The van der Waals surface area contributed by atoms with Crippen molar-refractivity contribution in [3.8, 4) is 0 Å². The van der Waals surface area contributed by atoms with Crippen LogP contribution < -0.4 is 11.1 Å². The van der Waals surface area contributed by atoms with Crippen molar-refractivity contribution in [2.45, 2.75) is 25.9 Å². The quantitative estimate of drug-likeness (QED) is 0.863. The van der Waals surface area contributed by atoms with Crippen LogP contribution in [-0.2, 0) is 13.0 Å². The van der Waals surface area contributed by atoms with Gasteiger partial charge in [0.15, 0.2) is 0 Å². The zero-order chi connectivity index (χ0) is 13.7. The molecular weight excluding hydrogens is 240 g/mol. The highest BCUT2D eigenvalue weighted by molar-refractivity contribution is 5.94. The number of hydrogen-bond donors (Lipinski definition) is 2. The van der Waals surface area contributed by atoms with Crippen LogP contribution in [0.25, 0.3) is 0 Å². The highest BCUT2D eigenvalue weighted by Crippen LogP contribution is 2.07. The second-order valence-corrected chi connectivity index (χ2v) is 4.56. The Balaban J connectivity index is 1.92. The molecule has 2 rings (SSSR count). The van der Waals surface area contributed by atoms with Crippen LogP contribution >= 0.6 is 0 Å². The molecule has 100 valence electrons. The van der Waals surface area contributed by atoms with E-state index in [4.69, 9.17) is 10.2 Å². The maximum absolute atomic E-state index is 12.0. The average Bonchev–Trinajstić information content (AvgIpc) is 2.91. The summed E-state index contributed by atoms with van der Waals surface area (Å²) in [4.78, 5) is 12.0. The third-order valence-corrected chi connectivity index (χ3v) is 2.92. The van der Waals surface area contributed by atoms with Gasteiger partial charge in [-0.1, -0.05) is 12.1 Å². The standard InChI is InChI=1S/C15H18N2O2/c1-11(9-14-3-2-8-19-14)17-15(18)13-6-4-12(10-16)5-7-13/h2-8,11H,9-10,16H2,1H3,(H,17,18). The minimum Gasteiger partial charge on any atom is -0.469 e. The van der Waals surface area contributed by atoms with Crippen molar-refractivity contribution in [2.24, 2.45) is 5.73 Å². The van der Waals surface area contributed by atoms with E-state index in [2.05, 4.69) is 5.32 Å². The van der Waals surface area contributed by atoms with Crippen LogP contribution in [-0.4, -0.2) is 11.9 Å². The van der Waals surface area contributed by atoms with Gasteiger partial charge in [-0.2, -0.15) is 0 Å². The average molecular weight is 258 g/mol. The number of nitrogens with two attached hydrogens (primary N) is 1. The van der Waals surface area contributed by atoms with Crippen LogP contribution in [0.1, 0.15) is 28.6 Å². The van der Waals surface area contributed by atoms with Crippen molar-refractivity contribution >= 4 is 5.91 Å². The highest BCUT2D eigenvalue weighted by Gasteiger charge is 2.11. The molecule has 1 aromatic carbocycles. The molecule has 0 aliphatic heterocycles. The lowest BCUT2D eigenvalue weighted by molar-refractivity contribution is 0.0939. The Morgan fingerprint density at radius 2 is 2.05 bits per heavy atom. The first-order valence-electron chi connectivity index (χ1n) is 6.31. The molecule has 4 nitrogen and oxygen atoms in total. The van der Waals surface area contributed by atoms with E-state index >= 15 is 0 Å². The van der Waals surface area contributed by atoms with Crippen LogP contribution in [0.5, 0.6) is 0 Å². The Morgan fingerprint density at radius 1 is 1.32 bits per heavy atom. The number of nitrogens with one attached hydrogen (secondary N) is 1. The van der Waals surface area contributed by atoms with Crippen molar-refractivity contribution < 1.29 is 9.21 Å². The molecule has 1 aromatic heterocycles. The Hall–Kier alpha value is -2.07. The zero-order valence-corrected chi connectivity index (χ0v) is 10.9. The molecule has 0 saturated carbocycles. The Labute approximate surface area is 112 Å². The molecule has 0 fully saturated rings. The first-order valence-corrected chi connectivity index (χ1v) is 6.31. The fourth-order valence-corrected chi connectivity index (χ4v) is 1.88. The topological polar surface area (TPSA) is 68.3 Å². The fraction of sp³-hybridized carbons (Fsp3) is 0.267. The van der Waals surface area contributed by atoms with Crippen molar-refractivity contribution in [3.63, 3.8) is 0 Å². The van der Waals surface area contributed by atoms with Gasteiger partial charge >= 0.3 is 0 Å². The molecule has 1 amide bonds. The number of hydrogen-bond acceptors (Lipinski definition) is 3. The van der Waals surface area contributed by atoms with Gasteiger partial charge in [0.25, 0.3) is 5.91 Å². The summed E-state index contributed by atoms with van der Waals surface area (Å²) in [5, 5.41) is 2.94. The number of benzene rings is 1. The minimum absolute atomic E-state index is 0.0211. The van der Waals surface area contributed by atoms with Gasteiger partial charge in [0.1, 0.15) is 5.76 Å². The lowest BCUT2D eigenvalue weighted by atomic mass is 10.1. The summed E-state index contributed by atoms with van der Waals surface area (Å²) >= 11 is 0. The van der Waals surface area contributed by atoms with E-state index < -0.39 is 0 Å². The van der Waals surface area contributed by atoms with Crippen LogP contribution in [0.4, 0.5) is 0 Å². The van der Waals surface area contributed by atoms with Gasteiger partial charge < -0.3 is 15.5 Å². The molecule has 0 spiro atoms. The third kappa shape index (κ3) is 3.69. The smallest absolute Gasteiger partial charge is 0.251 e. The SMILES string of the molecule is CC(Cc1ccco1)NC(=O)c1ccc(CN)cc1. The van der Waals surface area contributed by atoms with Crippen LogP contribution in [0.15, 0.2) is 47.1 Å². The number of carbonyl (C=O) groups is 1. The van der Waals surface area contributed by atoms with E-state index in [0.717, 1.165) is 11.3 Å². The predicted octanol–water partition coefficient (Wildman–Crippen LogP) is 2.10. The molecule has 0 radical (unpaired) electrons.